The van der Waals surface area contributed by atoms with Gasteiger partial charge in [0.2, 0.25) is 17.7 Å². The number of nitrogens with one attached hydrogen (secondary N) is 1. The van der Waals surface area contributed by atoms with Gasteiger partial charge in [-0.2, -0.15) is 0 Å². The van der Waals surface area contributed by atoms with Gasteiger partial charge in [0, 0.05) is 6.54 Å². The number of primary amides is 2. The van der Waals surface area contributed by atoms with Crippen LogP contribution in [0, 0.1) is 0 Å². The number of benzene rings is 4. The van der Waals surface area contributed by atoms with E-state index in [-0.39, 0.29) is 31.9 Å². The van der Waals surface area contributed by atoms with E-state index < -0.39 is 35.9 Å². The summed E-state index contributed by atoms with van der Waals surface area (Å²) in [5.74, 6) is -2.09. The molecule has 0 aromatic heterocycles. The summed E-state index contributed by atoms with van der Waals surface area (Å²) in [7, 11) is 0. The van der Waals surface area contributed by atoms with E-state index in [0.717, 1.165) is 27.8 Å². The van der Waals surface area contributed by atoms with Gasteiger partial charge in [-0.15, -0.1) is 0 Å². The van der Waals surface area contributed by atoms with Crippen molar-refractivity contribution < 1.29 is 23.9 Å². The fourth-order valence-electron chi connectivity index (χ4n) is 5.49. The Kier molecular flexibility index (Phi) is 12.1. The van der Waals surface area contributed by atoms with Gasteiger partial charge in [0.15, 0.2) is 0 Å². The average Bonchev–Trinajstić information content (AvgIpc) is 3.06. The first-order chi connectivity index (χ1) is 22.2. The van der Waals surface area contributed by atoms with Crippen molar-refractivity contribution in [1.29, 1.82) is 0 Å². The number of carbonyl (C=O) groups is 4. The third-order valence-electron chi connectivity index (χ3n) is 7.83. The minimum Gasteiger partial charge on any atom is -0.445 e. The highest BCUT2D eigenvalue weighted by Crippen LogP contribution is 2.33. The summed E-state index contributed by atoms with van der Waals surface area (Å²) in [5.41, 5.74) is 15.3. The maximum atomic E-state index is 14.7. The van der Waals surface area contributed by atoms with Gasteiger partial charge in [-0.25, -0.2) is 4.79 Å². The fourth-order valence-corrected chi connectivity index (χ4v) is 5.49. The zero-order chi connectivity index (χ0) is 32.9. The fraction of sp³-hybridized carbons (Fsp3) is 0.243. The van der Waals surface area contributed by atoms with Crippen LogP contribution in [0.3, 0.4) is 0 Å². The standard InChI is InChI=1S/C37H40N4O5/c1-26(29-21-19-27(20-22-29)24-33(38)42)41(36(44)34(30-14-7-3-8-15-30)31-16-9-4-10-17-31)32(35(39)43)18-11-23-40-37(45)46-25-28-12-5-2-6-13-28/h2-10,12-17,19-22,26,32,34H,11,18,23-25H2,1H3,(H2,38,42)(H2,39,43)(H,40,45)/t26-,32-/m1/s1. The molecule has 9 nitrogen and oxygen atoms in total. The lowest BCUT2D eigenvalue weighted by Gasteiger charge is -2.38. The molecule has 4 aromatic carbocycles. The van der Waals surface area contributed by atoms with Gasteiger partial charge in [-0.3, -0.25) is 14.4 Å². The number of rotatable bonds is 15. The minimum atomic E-state index is -0.982. The van der Waals surface area contributed by atoms with Crippen molar-refractivity contribution in [2.24, 2.45) is 11.5 Å². The van der Waals surface area contributed by atoms with E-state index in [1.807, 2.05) is 110 Å². The molecule has 9 heteroatoms. The summed E-state index contributed by atoms with van der Waals surface area (Å²) in [6.45, 7) is 2.20. The predicted molar refractivity (Wildman–Crippen MR) is 176 cm³/mol. The lowest BCUT2D eigenvalue weighted by atomic mass is 9.88. The summed E-state index contributed by atoms with van der Waals surface area (Å²) < 4.78 is 5.29. The van der Waals surface area contributed by atoms with Crippen LogP contribution in [0.4, 0.5) is 4.79 Å². The Morgan fingerprint density at radius 1 is 0.717 bits per heavy atom. The van der Waals surface area contributed by atoms with Crippen molar-refractivity contribution in [3.63, 3.8) is 0 Å². The summed E-state index contributed by atoms with van der Waals surface area (Å²) in [4.78, 5) is 53.2. The molecule has 0 saturated heterocycles. The van der Waals surface area contributed by atoms with Crippen LogP contribution in [0.5, 0.6) is 0 Å². The van der Waals surface area contributed by atoms with E-state index in [2.05, 4.69) is 5.32 Å². The molecular formula is C37H40N4O5. The van der Waals surface area contributed by atoms with Gasteiger partial charge < -0.3 is 26.4 Å². The largest absolute Gasteiger partial charge is 0.445 e. The molecule has 0 heterocycles. The quantitative estimate of drug-likeness (QED) is 0.160. The number of ether oxygens (including phenoxy) is 1. The van der Waals surface area contributed by atoms with Crippen LogP contribution in [0.25, 0.3) is 0 Å². The third-order valence-corrected chi connectivity index (χ3v) is 7.83. The number of hydrogen-bond donors (Lipinski definition) is 3. The van der Waals surface area contributed by atoms with Crippen LogP contribution in [0.2, 0.25) is 0 Å². The Bertz CT molecular complexity index is 1540. The summed E-state index contributed by atoms with van der Waals surface area (Å²) in [5, 5.41) is 2.72. The lowest BCUT2D eigenvalue weighted by Crippen LogP contribution is -2.51. The number of nitrogens with zero attached hydrogens (tertiary/aromatic N) is 1. The lowest BCUT2D eigenvalue weighted by molar-refractivity contribution is -0.142. The average molecular weight is 621 g/mol. The van der Waals surface area contributed by atoms with Crippen molar-refractivity contribution in [3.8, 4) is 0 Å². The number of nitrogens with two attached hydrogens (primary N) is 2. The van der Waals surface area contributed by atoms with E-state index in [1.54, 1.807) is 17.0 Å². The highest BCUT2D eigenvalue weighted by Gasteiger charge is 2.37. The first kappa shape index (κ1) is 33.5. The van der Waals surface area contributed by atoms with Crippen molar-refractivity contribution in [2.45, 2.75) is 50.8 Å². The molecule has 0 unspecified atom stereocenters. The number of alkyl carbamates (subject to hydrolysis) is 1. The topological polar surface area (TPSA) is 145 Å². The Morgan fingerprint density at radius 3 is 1.78 bits per heavy atom. The Hall–Kier alpha value is -5.44. The molecule has 4 amide bonds. The molecule has 0 aliphatic carbocycles. The molecule has 4 aromatic rings. The van der Waals surface area contributed by atoms with E-state index in [1.165, 1.54) is 0 Å². The van der Waals surface area contributed by atoms with E-state index >= 15 is 0 Å². The number of hydrogen-bond acceptors (Lipinski definition) is 5. The molecule has 0 radical (unpaired) electrons. The molecular weight excluding hydrogens is 580 g/mol. The van der Waals surface area contributed by atoms with E-state index in [0.29, 0.717) is 6.42 Å². The summed E-state index contributed by atoms with van der Waals surface area (Å²) in [6, 6.07) is 33.8. The summed E-state index contributed by atoms with van der Waals surface area (Å²) >= 11 is 0. The van der Waals surface area contributed by atoms with Crippen molar-refractivity contribution in [1.82, 2.24) is 10.2 Å². The molecule has 0 aliphatic rings. The predicted octanol–water partition coefficient (Wildman–Crippen LogP) is 5.00. The Balaban J connectivity index is 1.59. The first-order valence-corrected chi connectivity index (χ1v) is 15.3. The molecule has 0 bridgehead atoms. The minimum absolute atomic E-state index is 0.0894. The van der Waals surface area contributed by atoms with Crippen LogP contribution in [0.1, 0.15) is 59.5 Å². The molecule has 46 heavy (non-hydrogen) atoms. The van der Waals surface area contributed by atoms with Crippen LogP contribution in [-0.2, 0) is 32.1 Å². The van der Waals surface area contributed by atoms with Crippen LogP contribution >= 0.6 is 0 Å². The highest BCUT2D eigenvalue weighted by atomic mass is 16.5. The smallest absolute Gasteiger partial charge is 0.407 e. The van der Waals surface area contributed by atoms with Crippen LogP contribution in [-0.4, -0.2) is 41.3 Å². The van der Waals surface area contributed by atoms with Gasteiger partial charge in [0.25, 0.3) is 0 Å². The molecule has 0 fully saturated rings. The number of carbonyl (C=O) groups excluding carboxylic acids is 4. The number of amides is 4. The monoisotopic (exact) mass is 620 g/mol. The highest BCUT2D eigenvalue weighted by molar-refractivity contribution is 5.92. The second kappa shape index (κ2) is 16.6. The zero-order valence-corrected chi connectivity index (χ0v) is 25.9. The van der Waals surface area contributed by atoms with Crippen molar-refractivity contribution in [2.75, 3.05) is 6.54 Å². The second-order valence-corrected chi connectivity index (χ2v) is 11.1. The third kappa shape index (κ3) is 9.28. The molecule has 0 spiro atoms. The molecule has 2 atom stereocenters. The van der Waals surface area contributed by atoms with Crippen molar-refractivity contribution in [3.05, 3.63) is 143 Å². The Morgan fingerprint density at radius 2 is 1.26 bits per heavy atom. The molecule has 238 valence electrons. The van der Waals surface area contributed by atoms with Gasteiger partial charge in [-0.1, -0.05) is 115 Å². The van der Waals surface area contributed by atoms with Crippen molar-refractivity contribution >= 4 is 23.8 Å². The maximum Gasteiger partial charge on any atom is 0.407 e. The second-order valence-electron chi connectivity index (χ2n) is 11.1. The van der Waals surface area contributed by atoms with Gasteiger partial charge >= 0.3 is 6.09 Å². The SMILES string of the molecule is C[C@H](c1ccc(CC(N)=O)cc1)N(C(=O)C(c1ccccc1)c1ccccc1)[C@H](CCCNC(=O)OCc1ccccc1)C(N)=O. The molecule has 4 rings (SSSR count). The van der Waals surface area contributed by atoms with Crippen LogP contribution in [0.15, 0.2) is 115 Å². The van der Waals surface area contributed by atoms with E-state index in [4.69, 9.17) is 16.2 Å². The zero-order valence-electron chi connectivity index (χ0n) is 25.9. The molecule has 0 aliphatic heterocycles. The normalized spacial score (nSPS) is 12.1. The van der Waals surface area contributed by atoms with Gasteiger partial charge in [0.05, 0.1) is 18.4 Å². The van der Waals surface area contributed by atoms with Crippen LogP contribution < -0.4 is 16.8 Å². The maximum absolute atomic E-state index is 14.7. The summed E-state index contributed by atoms with van der Waals surface area (Å²) in [6.07, 6.45) is 0.0840. The van der Waals surface area contributed by atoms with E-state index in [9.17, 15) is 19.2 Å². The molecule has 5 N–H and O–H groups in total. The molecule has 0 saturated carbocycles. The first-order valence-electron chi connectivity index (χ1n) is 15.3. The van der Waals surface area contributed by atoms with Gasteiger partial charge in [-0.05, 0) is 47.6 Å². The van der Waals surface area contributed by atoms with Gasteiger partial charge in [0.1, 0.15) is 12.6 Å². The Labute approximate surface area is 269 Å².